The van der Waals surface area contributed by atoms with Gasteiger partial charge in [0.1, 0.15) is 6.54 Å². The van der Waals surface area contributed by atoms with E-state index in [0.717, 1.165) is 28.0 Å². The number of rotatable bonds is 8. The summed E-state index contributed by atoms with van der Waals surface area (Å²) in [5.41, 5.74) is 9.45. The summed E-state index contributed by atoms with van der Waals surface area (Å²) in [6.07, 6.45) is 4.37. The molecule has 0 amide bonds. The van der Waals surface area contributed by atoms with Crippen LogP contribution in [0.1, 0.15) is 23.7 Å². The highest BCUT2D eigenvalue weighted by Gasteiger charge is 2.18. The number of hydrogen-bond donors (Lipinski definition) is 1. The minimum Gasteiger partial charge on any atom is -0.395 e. The summed E-state index contributed by atoms with van der Waals surface area (Å²) in [7, 11) is 1.99. The van der Waals surface area contributed by atoms with E-state index in [-0.39, 0.29) is 6.61 Å². The highest BCUT2D eigenvalue weighted by atomic mass is 79.9. The average Bonchev–Trinajstić information content (AvgIpc) is 2.88. The van der Waals surface area contributed by atoms with Crippen molar-refractivity contribution in [2.75, 3.05) is 25.1 Å². The van der Waals surface area contributed by atoms with Crippen LogP contribution in [0.4, 0.5) is 5.69 Å². The normalized spacial score (nSPS) is 11.2. The first kappa shape index (κ1) is 24.9. The molecule has 178 valence electrons. The number of pyridine rings is 1. The molecule has 0 saturated heterocycles. The van der Waals surface area contributed by atoms with E-state index in [1.54, 1.807) is 0 Å². The summed E-state index contributed by atoms with van der Waals surface area (Å²) in [6.45, 7) is 5.95. The second-order valence-corrected chi connectivity index (χ2v) is 9.66. The maximum Gasteiger partial charge on any atom is 0.213 e. The number of likely N-dealkylation sites (N-methyl/N-ethyl adjacent to an activating group) is 1. The molecule has 3 nitrogen and oxygen atoms in total. The van der Waals surface area contributed by atoms with Gasteiger partial charge in [-0.1, -0.05) is 57.9 Å². The third-order valence-electron chi connectivity index (χ3n) is 6.26. The predicted octanol–water partition coefficient (Wildman–Crippen LogP) is 7.00. The van der Waals surface area contributed by atoms with Crippen LogP contribution in [0.2, 0.25) is 0 Å². The summed E-state index contributed by atoms with van der Waals surface area (Å²) in [4.78, 5) is 2.05. The molecule has 3 aromatic carbocycles. The Kier molecular flexibility index (Phi) is 8.17. The fourth-order valence-corrected chi connectivity index (χ4v) is 4.47. The smallest absolute Gasteiger partial charge is 0.213 e. The Hall–Kier alpha value is -3.21. The second-order valence-electron chi connectivity index (χ2n) is 8.74. The van der Waals surface area contributed by atoms with E-state index in [1.807, 2.05) is 11.9 Å². The van der Waals surface area contributed by atoms with E-state index in [2.05, 4.69) is 131 Å². The third kappa shape index (κ3) is 6.08. The highest BCUT2D eigenvalue weighted by Crippen LogP contribution is 2.27. The van der Waals surface area contributed by atoms with Gasteiger partial charge in [0.2, 0.25) is 11.4 Å². The number of halogens is 1. The number of benzene rings is 3. The topological polar surface area (TPSA) is 27.4 Å². The molecule has 0 atom stereocenters. The van der Waals surface area contributed by atoms with Crippen molar-refractivity contribution in [1.29, 1.82) is 0 Å². The highest BCUT2D eigenvalue weighted by molar-refractivity contribution is 9.10. The summed E-state index contributed by atoms with van der Waals surface area (Å²) in [5, 5.41) is 9.19. The van der Waals surface area contributed by atoms with Gasteiger partial charge in [0.25, 0.3) is 0 Å². The first-order valence-electron chi connectivity index (χ1n) is 12.0. The second kappa shape index (κ2) is 11.5. The molecule has 0 aliphatic heterocycles. The Morgan fingerprint density at radius 1 is 0.829 bits per heavy atom. The van der Waals surface area contributed by atoms with E-state index in [1.165, 1.54) is 27.9 Å². The molecule has 35 heavy (non-hydrogen) atoms. The van der Waals surface area contributed by atoms with Gasteiger partial charge < -0.3 is 10.0 Å². The molecule has 0 fully saturated rings. The van der Waals surface area contributed by atoms with Crippen LogP contribution < -0.4 is 9.47 Å². The molecule has 0 aliphatic carbocycles. The number of nitrogens with zero attached hydrogens (tertiary/aromatic N) is 2. The molecule has 0 bridgehead atoms. The monoisotopic (exact) mass is 527 g/mol. The Bertz CT molecular complexity index is 1290. The molecular formula is C31H32BrN2O+. The van der Waals surface area contributed by atoms with Crippen molar-refractivity contribution in [2.24, 2.45) is 0 Å². The largest absolute Gasteiger partial charge is 0.395 e. The number of aliphatic hydroxyl groups excluding tert-OH is 1. The molecule has 1 N–H and O–H groups in total. The molecule has 0 aliphatic rings. The molecule has 0 saturated carbocycles. The summed E-state index contributed by atoms with van der Waals surface area (Å²) < 4.78 is 3.44. The van der Waals surface area contributed by atoms with Gasteiger partial charge in [-0.2, -0.15) is 4.57 Å². The first-order valence-corrected chi connectivity index (χ1v) is 12.8. The van der Waals surface area contributed by atoms with E-state index < -0.39 is 0 Å². The maximum absolute atomic E-state index is 9.19. The predicted molar refractivity (Wildman–Crippen MR) is 151 cm³/mol. The van der Waals surface area contributed by atoms with Crippen LogP contribution in [0, 0.1) is 6.92 Å². The van der Waals surface area contributed by atoms with Crippen LogP contribution in [0.15, 0.2) is 89.4 Å². The van der Waals surface area contributed by atoms with Crippen molar-refractivity contribution < 1.29 is 9.67 Å². The van der Waals surface area contributed by atoms with Crippen LogP contribution in [-0.2, 0) is 6.54 Å². The van der Waals surface area contributed by atoms with Crippen molar-refractivity contribution in [3.8, 4) is 22.4 Å². The van der Waals surface area contributed by atoms with Crippen LogP contribution >= 0.6 is 15.9 Å². The van der Waals surface area contributed by atoms with Crippen molar-refractivity contribution in [1.82, 2.24) is 0 Å². The number of aliphatic hydroxyl groups is 1. The summed E-state index contributed by atoms with van der Waals surface area (Å²) in [5.74, 6) is 0. The molecule has 1 aromatic heterocycles. The van der Waals surface area contributed by atoms with Gasteiger partial charge >= 0.3 is 0 Å². The van der Waals surface area contributed by atoms with Gasteiger partial charge in [-0.3, -0.25) is 0 Å². The molecule has 0 spiro atoms. The van der Waals surface area contributed by atoms with E-state index in [9.17, 15) is 5.11 Å². The van der Waals surface area contributed by atoms with Crippen LogP contribution in [0.25, 0.3) is 34.5 Å². The lowest BCUT2D eigenvalue weighted by Crippen LogP contribution is -2.38. The Morgan fingerprint density at radius 2 is 1.49 bits per heavy atom. The SMILES string of the molecule is CC[n+]1c(/C=C/c2ccc(N(C)CCO)cc2)cc(-c2ccc(Br)cc2)cc1-c1ccc(C)cc1. The van der Waals surface area contributed by atoms with Gasteiger partial charge in [0, 0.05) is 47.5 Å². The van der Waals surface area contributed by atoms with Gasteiger partial charge in [-0.25, -0.2) is 0 Å². The quantitative estimate of drug-likeness (QED) is 0.250. The van der Waals surface area contributed by atoms with E-state index in [0.29, 0.717) is 6.54 Å². The van der Waals surface area contributed by atoms with Gasteiger partial charge in [0.05, 0.1) is 6.61 Å². The molecular weight excluding hydrogens is 496 g/mol. The van der Waals surface area contributed by atoms with Crippen LogP contribution in [-0.4, -0.2) is 25.3 Å². The van der Waals surface area contributed by atoms with Crippen molar-refractivity contribution in [2.45, 2.75) is 20.4 Å². The van der Waals surface area contributed by atoms with Gasteiger partial charge in [0.15, 0.2) is 0 Å². The number of aryl methyl sites for hydroxylation is 1. The first-order chi connectivity index (χ1) is 17.0. The van der Waals surface area contributed by atoms with Crippen molar-refractivity contribution in [3.63, 3.8) is 0 Å². The lowest BCUT2D eigenvalue weighted by atomic mass is 10.0. The minimum atomic E-state index is 0.146. The molecule has 0 radical (unpaired) electrons. The number of hydrogen-bond acceptors (Lipinski definition) is 2. The molecule has 4 aromatic rings. The Morgan fingerprint density at radius 3 is 2.11 bits per heavy atom. The Labute approximate surface area is 217 Å². The van der Waals surface area contributed by atoms with E-state index in [4.69, 9.17) is 0 Å². The van der Waals surface area contributed by atoms with Crippen molar-refractivity contribution >= 4 is 33.8 Å². The van der Waals surface area contributed by atoms with E-state index >= 15 is 0 Å². The Balaban J connectivity index is 1.77. The molecule has 0 unspecified atom stereocenters. The number of aromatic nitrogens is 1. The fraction of sp³-hybridized carbons (Fsp3) is 0.194. The summed E-state index contributed by atoms with van der Waals surface area (Å²) in [6, 6.07) is 30.2. The minimum absolute atomic E-state index is 0.146. The standard InChI is InChI=1S/C31H32BrN2O/c1-4-34-30(18-9-24-7-16-29(17-8-24)33(3)19-20-35)21-27(25-12-14-28(32)15-13-25)22-31(34)26-10-5-23(2)6-11-26/h5-18,21-22,35H,4,19-20H2,1-3H3/q+1. The van der Waals surface area contributed by atoms with Gasteiger partial charge in [-0.15, -0.1) is 0 Å². The zero-order valence-electron chi connectivity index (χ0n) is 20.6. The van der Waals surface area contributed by atoms with Crippen LogP contribution in [0.3, 0.4) is 0 Å². The van der Waals surface area contributed by atoms with Crippen molar-refractivity contribution in [3.05, 3.63) is 106 Å². The lowest BCUT2D eigenvalue weighted by molar-refractivity contribution is -0.684. The molecule has 4 heteroatoms. The lowest BCUT2D eigenvalue weighted by Gasteiger charge is -2.17. The molecule has 4 rings (SSSR count). The summed E-state index contributed by atoms with van der Waals surface area (Å²) >= 11 is 3.56. The van der Waals surface area contributed by atoms with Crippen LogP contribution in [0.5, 0.6) is 0 Å². The third-order valence-corrected chi connectivity index (χ3v) is 6.78. The maximum atomic E-state index is 9.19. The zero-order chi connectivity index (χ0) is 24.8. The molecule has 1 heterocycles. The average molecular weight is 529 g/mol. The van der Waals surface area contributed by atoms with Gasteiger partial charge in [-0.05, 0) is 73.0 Å². The number of anilines is 1. The zero-order valence-corrected chi connectivity index (χ0v) is 22.2. The fourth-order valence-electron chi connectivity index (χ4n) is 4.21.